The van der Waals surface area contributed by atoms with Gasteiger partial charge in [0, 0.05) is 0 Å². The normalized spacial score (nSPS) is 24.9. The van der Waals surface area contributed by atoms with Crippen LogP contribution in [0.3, 0.4) is 0 Å². The highest BCUT2D eigenvalue weighted by Crippen LogP contribution is 2.35. The first-order chi connectivity index (χ1) is 13.8. The maximum Gasteiger partial charge on any atom is 0.297 e. The number of benzene rings is 1. The number of anilines is 1. The van der Waals surface area contributed by atoms with Crippen LogP contribution < -0.4 is 5.73 Å². The fraction of sp³-hybridized carbons (Fsp3) is 0.353. The number of aryl methyl sites for hydroxylation is 1. The number of rotatable bonds is 5. The van der Waals surface area contributed by atoms with Crippen LogP contribution in [0.4, 0.5) is 5.95 Å². The number of hydrogen-bond donors (Lipinski definition) is 3. The Bertz CT molecular complexity index is 1130. The molecule has 0 bridgehead atoms. The van der Waals surface area contributed by atoms with Crippen LogP contribution in [0, 0.1) is 6.92 Å². The molecule has 1 aliphatic rings. The molecule has 2 aromatic heterocycles. The molecule has 29 heavy (non-hydrogen) atoms. The van der Waals surface area contributed by atoms with E-state index in [1.54, 1.807) is 12.1 Å². The van der Waals surface area contributed by atoms with Crippen molar-refractivity contribution in [1.82, 2.24) is 19.5 Å². The van der Waals surface area contributed by atoms with Crippen LogP contribution in [0.1, 0.15) is 11.8 Å². The minimum Gasteiger partial charge on any atom is -0.394 e. The zero-order valence-electron chi connectivity index (χ0n) is 15.3. The lowest BCUT2D eigenvalue weighted by atomic mass is 10.1. The van der Waals surface area contributed by atoms with Crippen LogP contribution in [0.25, 0.3) is 11.2 Å². The van der Waals surface area contributed by atoms with E-state index in [9.17, 15) is 18.6 Å². The highest BCUT2D eigenvalue weighted by molar-refractivity contribution is 7.86. The van der Waals surface area contributed by atoms with Gasteiger partial charge < -0.3 is 20.7 Å². The van der Waals surface area contributed by atoms with Crippen molar-refractivity contribution in [3.8, 4) is 0 Å². The Kier molecular flexibility index (Phi) is 4.96. The van der Waals surface area contributed by atoms with E-state index in [0.717, 1.165) is 5.56 Å². The number of imidazole rings is 1. The van der Waals surface area contributed by atoms with E-state index in [-0.39, 0.29) is 16.5 Å². The van der Waals surface area contributed by atoms with Gasteiger partial charge in [-0.05, 0) is 19.1 Å². The molecule has 0 radical (unpaired) electrons. The summed E-state index contributed by atoms with van der Waals surface area (Å²) in [6.45, 7) is 1.29. The quantitative estimate of drug-likeness (QED) is 0.468. The number of nitrogen functional groups attached to an aromatic ring is 1. The van der Waals surface area contributed by atoms with Crippen LogP contribution in [-0.4, -0.2) is 63.1 Å². The lowest BCUT2D eigenvalue weighted by Gasteiger charge is -2.21. The van der Waals surface area contributed by atoms with Gasteiger partial charge in [0.25, 0.3) is 10.1 Å². The standard InChI is InChI=1S/C17H19N5O6S/c1-9-2-4-10(5-3-9)29(25,26)28-14-13(24)12(7-23)27-16(14)22-8-20-11-6-19-17(18)21-15(11)22/h2-6,8,12-14,16,23-24H,7H2,1H3,(H2,18,19,21)/t12-,13-,14-,16-/m1/s1. The van der Waals surface area contributed by atoms with Gasteiger partial charge in [0.1, 0.15) is 17.7 Å². The van der Waals surface area contributed by atoms with E-state index in [2.05, 4.69) is 15.0 Å². The van der Waals surface area contributed by atoms with Crippen molar-refractivity contribution in [2.75, 3.05) is 12.3 Å². The molecule has 0 amide bonds. The first-order valence-corrected chi connectivity index (χ1v) is 10.1. The Labute approximate surface area is 165 Å². The summed E-state index contributed by atoms with van der Waals surface area (Å²) >= 11 is 0. The second-order valence-corrected chi connectivity index (χ2v) is 8.23. The number of aliphatic hydroxyl groups is 2. The molecule has 1 saturated heterocycles. The minimum atomic E-state index is -4.22. The third kappa shape index (κ3) is 3.56. The molecular weight excluding hydrogens is 402 g/mol. The molecule has 154 valence electrons. The third-order valence-electron chi connectivity index (χ3n) is 4.65. The highest BCUT2D eigenvalue weighted by Gasteiger charge is 2.48. The van der Waals surface area contributed by atoms with E-state index in [1.165, 1.54) is 29.2 Å². The smallest absolute Gasteiger partial charge is 0.297 e. The molecule has 0 spiro atoms. The number of aliphatic hydroxyl groups excluding tert-OH is 2. The summed E-state index contributed by atoms with van der Waals surface area (Å²) in [4.78, 5) is 12.0. The van der Waals surface area contributed by atoms with Crippen molar-refractivity contribution >= 4 is 27.2 Å². The molecule has 4 rings (SSSR count). The number of nitrogens with zero attached hydrogens (tertiary/aromatic N) is 4. The van der Waals surface area contributed by atoms with Gasteiger partial charge in [-0.3, -0.25) is 8.75 Å². The molecule has 1 aromatic carbocycles. The van der Waals surface area contributed by atoms with Gasteiger partial charge in [-0.1, -0.05) is 17.7 Å². The summed E-state index contributed by atoms with van der Waals surface area (Å²) in [6, 6.07) is 6.08. The zero-order valence-corrected chi connectivity index (χ0v) is 16.1. The summed E-state index contributed by atoms with van der Waals surface area (Å²) in [5, 5.41) is 20.0. The zero-order chi connectivity index (χ0) is 20.8. The SMILES string of the molecule is Cc1ccc(S(=O)(=O)O[C@@H]2[C@H](O)[C@@H](CO)O[C@H]2n2cnc3cnc(N)nc32)cc1. The minimum absolute atomic E-state index is 0.0127. The molecule has 3 aromatic rings. The molecule has 12 heteroatoms. The second-order valence-electron chi connectivity index (χ2n) is 6.66. The van der Waals surface area contributed by atoms with Crippen LogP contribution in [0.5, 0.6) is 0 Å². The summed E-state index contributed by atoms with van der Waals surface area (Å²) in [5.41, 5.74) is 7.18. The number of nitrogens with two attached hydrogens (primary N) is 1. The molecule has 1 aliphatic heterocycles. The van der Waals surface area contributed by atoms with Crippen LogP contribution >= 0.6 is 0 Å². The van der Waals surface area contributed by atoms with Gasteiger partial charge in [0.15, 0.2) is 18.0 Å². The summed E-state index contributed by atoms with van der Waals surface area (Å²) in [7, 11) is -4.22. The second kappa shape index (κ2) is 7.31. The summed E-state index contributed by atoms with van der Waals surface area (Å²) < 4.78 is 37.9. The van der Waals surface area contributed by atoms with Crippen molar-refractivity contribution in [3.63, 3.8) is 0 Å². The van der Waals surface area contributed by atoms with Crippen LogP contribution in [-0.2, 0) is 19.0 Å². The number of ether oxygens (including phenoxy) is 1. The Morgan fingerprint density at radius 1 is 1.28 bits per heavy atom. The van der Waals surface area contributed by atoms with Gasteiger partial charge >= 0.3 is 0 Å². The molecule has 4 atom stereocenters. The Balaban J connectivity index is 1.72. The molecule has 4 N–H and O–H groups in total. The predicted octanol–water partition coefficient (Wildman–Crippen LogP) is -0.258. The maximum absolute atomic E-state index is 12.8. The lowest BCUT2D eigenvalue weighted by molar-refractivity contribution is -0.0483. The highest BCUT2D eigenvalue weighted by atomic mass is 32.2. The largest absolute Gasteiger partial charge is 0.394 e. The van der Waals surface area contributed by atoms with Gasteiger partial charge in [-0.25, -0.2) is 9.97 Å². The van der Waals surface area contributed by atoms with Crippen molar-refractivity contribution < 1.29 is 27.6 Å². The Hall–Kier alpha value is -2.64. The summed E-state index contributed by atoms with van der Waals surface area (Å²) in [6.07, 6.45) is -2.20. The van der Waals surface area contributed by atoms with Crippen molar-refractivity contribution in [1.29, 1.82) is 0 Å². The predicted molar refractivity (Wildman–Crippen MR) is 100.0 cm³/mol. The number of fused-ring (bicyclic) bond motifs is 1. The molecular formula is C17H19N5O6S. The molecule has 0 saturated carbocycles. The fourth-order valence-corrected chi connectivity index (χ4v) is 4.21. The topological polar surface area (TPSA) is 163 Å². The van der Waals surface area contributed by atoms with Gasteiger partial charge in [-0.2, -0.15) is 13.4 Å². The molecule has 0 unspecified atom stereocenters. The van der Waals surface area contributed by atoms with Crippen LogP contribution in [0.2, 0.25) is 0 Å². The summed E-state index contributed by atoms with van der Waals surface area (Å²) in [5.74, 6) is -0.0127. The van der Waals surface area contributed by atoms with E-state index < -0.39 is 41.3 Å². The number of aromatic nitrogens is 4. The molecule has 11 nitrogen and oxygen atoms in total. The number of hydrogen-bond acceptors (Lipinski definition) is 10. The van der Waals surface area contributed by atoms with Crippen molar-refractivity contribution in [2.24, 2.45) is 0 Å². The van der Waals surface area contributed by atoms with Gasteiger partial charge in [0.2, 0.25) is 5.95 Å². The van der Waals surface area contributed by atoms with Crippen molar-refractivity contribution in [2.45, 2.75) is 36.4 Å². The van der Waals surface area contributed by atoms with E-state index in [4.69, 9.17) is 14.7 Å². The van der Waals surface area contributed by atoms with E-state index in [0.29, 0.717) is 5.52 Å². The monoisotopic (exact) mass is 421 g/mol. The van der Waals surface area contributed by atoms with E-state index in [1.807, 2.05) is 6.92 Å². The first kappa shape index (κ1) is 19.7. The lowest BCUT2D eigenvalue weighted by Crippen LogP contribution is -2.37. The first-order valence-electron chi connectivity index (χ1n) is 8.69. The van der Waals surface area contributed by atoms with Gasteiger partial charge in [-0.15, -0.1) is 0 Å². The molecule has 3 heterocycles. The Morgan fingerprint density at radius 3 is 2.69 bits per heavy atom. The maximum atomic E-state index is 12.8. The Morgan fingerprint density at radius 2 is 2.00 bits per heavy atom. The fourth-order valence-electron chi connectivity index (χ4n) is 3.13. The van der Waals surface area contributed by atoms with Crippen molar-refractivity contribution in [3.05, 3.63) is 42.4 Å². The van der Waals surface area contributed by atoms with Crippen LogP contribution in [0.15, 0.2) is 41.7 Å². The average molecular weight is 421 g/mol. The van der Waals surface area contributed by atoms with E-state index >= 15 is 0 Å². The third-order valence-corrected chi connectivity index (χ3v) is 5.97. The van der Waals surface area contributed by atoms with Gasteiger partial charge in [0.05, 0.1) is 24.0 Å². The average Bonchev–Trinajstić information content (AvgIpc) is 3.23. The molecule has 1 fully saturated rings. The molecule has 0 aliphatic carbocycles.